The van der Waals surface area contributed by atoms with Crippen molar-refractivity contribution in [3.05, 3.63) is 12.4 Å². The summed E-state index contributed by atoms with van der Waals surface area (Å²) in [7, 11) is 0. The minimum absolute atomic E-state index is 0.127. The summed E-state index contributed by atoms with van der Waals surface area (Å²) in [5.41, 5.74) is 0.716. The van der Waals surface area contributed by atoms with E-state index < -0.39 is 0 Å². The van der Waals surface area contributed by atoms with Gasteiger partial charge in [-0.25, -0.2) is 0 Å². The van der Waals surface area contributed by atoms with E-state index in [4.69, 9.17) is 0 Å². The average Bonchev–Trinajstić information content (AvgIpc) is 2.50. The lowest BCUT2D eigenvalue weighted by atomic mass is 10.1. The Morgan fingerprint density at radius 3 is 2.54 bits per heavy atom. The molecule has 0 aliphatic heterocycles. The van der Waals surface area contributed by atoms with Gasteiger partial charge in [-0.3, -0.25) is 0 Å². The summed E-state index contributed by atoms with van der Waals surface area (Å²) in [6.45, 7) is 9.88. The normalized spacial score (nSPS) is 11.7. The van der Waals surface area contributed by atoms with E-state index >= 15 is 0 Å². The van der Waals surface area contributed by atoms with E-state index in [0.717, 1.165) is 5.57 Å². The number of tetrazole rings is 1. The van der Waals surface area contributed by atoms with E-state index in [0.29, 0.717) is 11.2 Å². The maximum atomic E-state index is 4.22. The Morgan fingerprint density at radius 1 is 1.54 bits per heavy atom. The summed E-state index contributed by atoms with van der Waals surface area (Å²) in [6.07, 6.45) is 0. The SMILES string of the molecule is C=C(CBr)c1nnn(C(C)(C)C)n1. The first-order valence-electron chi connectivity index (χ1n) is 4.00. The Hall–Kier alpha value is -0.710. The molecule has 0 bridgehead atoms. The van der Waals surface area contributed by atoms with Gasteiger partial charge < -0.3 is 0 Å². The standard InChI is InChI=1S/C8H13BrN4/c1-6(5-9)7-10-12-13(11-7)8(2,3)4/h1,5H2,2-4H3. The molecule has 5 heteroatoms. The largest absolute Gasteiger partial charge is 0.201 e. The van der Waals surface area contributed by atoms with Crippen molar-refractivity contribution in [3.63, 3.8) is 0 Å². The molecular formula is C8H13BrN4. The minimum atomic E-state index is -0.127. The summed E-state index contributed by atoms with van der Waals surface area (Å²) in [4.78, 5) is 1.59. The maximum Gasteiger partial charge on any atom is 0.201 e. The molecule has 0 aliphatic carbocycles. The van der Waals surface area contributed by atoms with Crippen LogP contribution in [0.2, 0.25) is 0 Å². The molecule has 0 aliphatic rings. The van der Waals surface area contributed by atoms with Crippen molar-refractivity contribution in [2.75, 3.05) is 5.33 Å². The van der Waals surface area contributed by atoms with Crippen LogP contribution in [0.15, 0.2) is 6.58 Å². The van der Waals surface area contributed by atoms with Crippen molar-refractivity contribution in [2.45, 2.75) is 26.3 Å². The van der Waals surface area contributed by atoms with Crippen LogP contribution in [0.4, 0.5) is 0 Å². The summed E-state index contributed by atoms with van der Waals surface area (Å²) < 4.78 is 0. The Bertz CT molecular complexity index is 310. The highest BCUT2D eigenvalue weighted by Gasteiger charge is 2.17. The number of allylic oxidation sites excluding steroid dienone is 1. The zero-order valence-corrected chi connectivity index (χ0v) is 9.67. The predicted molar refractivity (Wildman–Crippen MR) is 55.6 cm³/mol. The Morgan fingerprint density at radius 2 is 2.15 bits per heavy atom. The lowest BCUT2D eigenvalue weighted by molar-refractivity contribution is 0.306. The molecule has 1 aromatic rings. The van der Waals surface area contributed by atoms with E-state index in [1.165, 1.54) is 0 Å². The van der Waals surface area contributed by atoms with E-state index in [1.807, 2.05) is 20.8 Å². The molecule has 0 N–H and O–H groups in total. The van der Waals surface area contributed by atoms with Gasteiger partial charge in [-0.2, -0.15) is 4.80 Å². The van der Waals surface area contributed by atoms with E-state index in [-0.39, 0.29) is 5.54 Å². The maximum absolute atomic E-state index is 4.22. The van der Waals surface area contributed by atoms with Crippen LogP contribution in [-0.2, 0) is 5.54 Å². The molecule has 1 aromatic heterocycles. The quantitative estimate of drug-likeness (QED) is 0.746. The highest BCUT2D eigenvalue weighted by molar-refractivity contribution is 9.09. The first-order valence-corrected chi connectivity index (χ1v) is 5.12. The highest BCUT2D eigenvalue weighted by Crippen LogP contribution is 2.12. The molecule has 0 amide bonds. The molecule has 0 unspecified atom stereocenters. The number of nitrogens with zero attached hydrogens (tertiary/aromatic N) is 4. The number of alkyl halides is 1. The minimum Gasteiger partial charge on any atom is -0.158 e. The van der Waals surface area contributed by atoms with Crippen molar-refractivity contribution in [2.24, 2.45) is 0 Å². The molecule has 1 heterocycles. The van der Waals surface area contributed by atoms with E-state index in [1.54, 1.807) is 4.80 Å². The number of hydrogen-bond acceptors (Lipinski definition) is 3. The van der Waals surface area contributed by atoms with Crippen LogP contribution < -0.4 is 0 Å². The van der Waals surface area contributed by atoms with Crippen molar-refractivity contribution in [1.82, 2.24) is 20.2 Å². The zero-order chi connectivity index (χ0) is 10.1. The summed E-state index contributed by atoms with van der Waals surface area (Å²) in [6, 6.07) is 0. The van der Waals surface area contributed by atoms with Crippen molar-refractivity contribution in [3.8, 4) is 0 Å². The van der Waals surface area contributed by atoms with Crippen LogP contribution in [0, 0.1) is 0 Å². The first kappa shape index (κ1) is 10.4. The molecule has 4 nitrogen and oxygen atoms in total. The molecule has 0 radical (unpaired) electrons. The molecular weight excluding hydrogens is 232 g/mol. The molecule has 0 fully saturated rings. The molecule has 0 spiro atoms. The monoisotopic (exact) mass is 244 g/mol. The smallest absolute Gasteiger partial charge is 0.158 e. The summed E-state index contributed by atoms with van der Waals surface area (Å²) >= 11 is 3.29. The summed E-state index contributed by atoms with van der Waals surface area (Å²) in [5.74, 6) is 0.604. The lowest BCUT2D eigenvalue weighted by Gasteiger charge is -2.15. The van der Waals surface area contributed by atoms with Gasteiger partial charge in [-0.05, 0) is 26.0 Å². The number of hydrogen-bond donors (Lipinski definition) is 0. The van der Waals surface area contributed by atoms with Crippen LogP contribution in [0.25, 0.3) is 5.57 Å². The number of halogens is 1. The number of aromatic nitrogens is 4. The fourth-order valence-electron chi connectivity index (χ4n) is 0.700. The Labute approximate surface area is 86.1 Å². The van der Waals surface area contributed by atoms with Crippen LogP contribution in [0.3, 0.4) is 0 Å². The zero-order valence-electron chi connectivity index (χ0n) is 8.08. The van der Waals surface area contributed by atoms with Gasteiger partial charge in [0.25, 0.3) is 0 Å². The second-order valence-electron chi connectivity index (χ2n) is 3.81. The second-order valence-corrected chi connectivity index (χ2v) is 4.37. The molecule has 13 heavy (non-hydrogen) atoms. The van der Waals surface area contributed by atoms with Gasteiger partial charge in [0.2, 0.25) is 5.82 Å². The third-order valence-electron chi connectivity index (χ3n) is 1.49. The van der Waals surface area contributed by atoms with Gasteiger partial charge >= 0.3 is 0 Å². The molecule has 0 saturated carbocycles. The van der Waals surface area contributed by atoms with E-state index in [2.05, 4.69) is 37.9 Å². The summed E-state index contributed by atoms with van der Waals surface area (Å²) in [5, 5.41) is 12.7. The van der Waals surface area contributed by atoms with Gasteiger partial charge in [0.15, 0.2) is 0 Å². The second kappa shape index (κ2) is 3.57. The van der Waals surface area contributed by atoms with Crippen molar-refractivity contribution >= 4 is 21.5 Å². The van der Waals surface area contributed by atoms with Crippen molar-refractivity contribution < 1.29 is 0 Å². The third kappa shape index (κ3) is 2.37. The fourth-order valence-corrected chi connectivity index (χ4v) is 0.951. The molecule has 0 atom stereocenters. The fraction of sp³-hybridized carbons (Fsp3) is 0.625. The molecule has 0 aromatic carbocycles. The first-order chi connectivity index (χ1) is 5.95. The van der Waals surface area contributed by atoms with Crippen molar-refractivity contribution in [1.29, 1.82) is 0 Å². The van der Waals surface area contributed by atoms with Gasteiger partial charge in [-0.15, -0.1) is 10.2 Å². The molecule has 72 valence electrons. The number of rotatable bonds is 2. The Balaban J connectivity index is 2.93. The highest BCUT2D eigenvalue weighted by atomic mass is 79.9. The van der Waals surface area contributed by atoms with Gasteiger partial charge in [-0.1, -0.05) is 22.5 Å². The van der Waals surface area contributed by atoms with Crippen LogP contribution >= 0.6 is 15.9 Å². The van der Waals surface area contributed by atoms with Crippen LogP contribution in [-0.4, -0.2) is 25.5 Å². The van der Waals surface area contributed by atoms with Gasteiger partial charge in [0.05, 0.1) is 5.54 Å². The van der Waals surface area contributed by atoms with E-state index in [9.17, 15) is 0 Å². The van der Waals surface area contributed by atoms with Crippen LogP contribution in [0.5, 0.6) is 0 Å². The molecule has 1 rings (SSSR count). The van der Waals surface area contributed by atoms with Crippen LogP contribution in [0.1, 0.15) is 26.6 Å². The Kier molecular flexibility index (Phi) is 2.85. The molecule has 0 saturated heterocycles. The average molecular weight is 245 g/mol. The lowest BCUT2D eigenvalue weighted by Crippen LogP contribution is -2.24. The topological polar surface area (TPSA) is 43.6 Å². The predicted octanol–water partition coefficient (Wildman–Crippen LogP) is 1.84. The van der Waals surface area contributed by atoms with Gasteiger partial charge in [0, 0.05) is 10.9 Å². The third-order valence-corrected chi connectivity index (χ3v) is 2.17. The van der Waals surface area contributed by atoms with Gasteiger partial charge in [0.1, 0.15) is 0 Å².